The van der Waals surface area contributed by atoms with Crippen LogP contribution in [0.25, 0.3) is 0 Å². The molecule has 1 aromatic heterocycles. The quantitative estimate of drug-likeness (QED) is 0.890. The van der Waals surface area contributed by atoms with Gasteiger partial charge in [0.2, 0.25) is 5.88 Å². The molecule has 5 heteroatoms. The minimum atomic E-state index is -0.148. The average Bonchev–Trinajstić information content (AvgIpc) is 2.78. The molecule has 1 unspecified atom stereocenters. The highest BCUT2D eigenvalue weighted by molar-refractivity contribution is 5.55. The molecule has 0 aliphatic carbocycles. The van der Waals surface area contributed by atoms with Gasteiger partial charge in [-0.3, -0.25) is 4.57 Å². The lowest BCUT2D eigenvalue weighted by molar-refractivity contribution is 0.0869. The van der Waals surface area contributed by atoms with E-state index in [1.54, 1.807) is 17.7 Å². The van der Waals surface area contributed by atoms with Gasteiger partial charge in [-0.2, -0.15) is 5.26 Å². The lowest BCUT2D eigenvalue weighted by Gasteiger charge is -2.17. The second-order valence-corrected chi connectivity index (χ2v) is 5.36. The van der Waals surface area contributed by atoms with E-state index in [-0.39, 0.29) is 6.10 Å². The van der Waals surface area contributed by atoms with Crippen LogP contribution in [0.3, 0.4) is 0 Å². The third-order valence-electron chi connectivity index (χ3n) is 3.37. The second kappa shape index (κ2) is 7.01. The van der Waals surface area contributed by atoms with Crippen LogP contribution in [0.1, 0.15) is 23.7 Å². The molecule has 1 heterocycles. The van der Waals surface area contributed by atoms with Crippen molar-refractivity contribution in [3.05, 3.63) is 47.2 Å². The van der Waals surface area contributed by atoms with Gasteiger partial charge >= 0.3 is 0 Å². The van der Waals surface area contributed by atoms with E-state index in [1.165, 1.54) is 5.56 Å². The zero-order chi connectivity index (χ0) is 16.1. The van der Waals surface area contributed by atoms with Crippen molar-refractivity contribution in [1.82, 2.24) is 4.57 Å². The number of ether oxygens (including phenoxy) is 2. The molecule has 0 amide bonds. The number of nitrogens with two attached hydrogens (primary N) is 1. The summed E-state index contributed by atoms with van der Waals surface area (Å²) in [4.78, 5) is 0. The molecule has 0 aliphatic rings. The van der Waals surface area contributed by atoms with E-state index in [9.17, 15) is 5.26 Å². The molecule has 0 spiro atoms. The first-order chi connectivity index (χ1) is 10.5. The van der Waals surface area contributed by atoms with Crippen molar-refractivity contribution >= 4 is 5.69 Å². The SMILES string of the molecule is COCC(C)Oc1c(N)cc(C#N)n1Cc1ccc(C)cc1. The van der Waals surface area contributed by atoms with E-state index in [0.29, 0.717) is 30.4 Å². The van der Waals surface area contributed by atoms with Crippen LogP contribution in [0.2, 0.25) is 0 Å². The Hall–Kier alpha value is -2.45. The molecule has 0 fully saturated rings. The van der Waals surface area contributed by atoms with E-state index < -0.39 is 0 Å². The van der Waals surface area contributed by atoms with Gasteiger partial charge in [0.25, 0.3) is 0 Å². The molecule has 1 atom stereocenters. The number of aryl methyl sites for hydroxylation is 1. The summed E-state index contributed by atoms with van der Waals surface area (Å²) in [7, 11) is 1.62. The molecule has 0 saturated carbocycles. The molecule has 0 aliphatic heterocycles. The van der Waals surface area contributed by atoms with E-state index in [2.05, 4.69) is 6.07 Å². The summed E-state index contributed by atoms with van der Waals surface area (Å²) in [5.41, 5.74) is 9.23. The molecule has 2 N–H and O–H groups in total. The zero-order valence-corrected chi connectivity index (χ0v) is 13.2. The predicted octanol–water partition coefficient (Wildman–Crippen LogP) is 2.71. The number of anilines is 1. The third kappa shape index (κ3) is 3.60. The lowest BCUT2D eigenvalue weighted by atomic mass is 10.1. The summed E-state index contributed by atoms with van der Waals surface area (Å²) in [6.45, 7) is 4.93. The zero-order valence-electron chi connectivity index (χ0n) is 13.2. The largest absolute Gasteiger partial charge is 0.472 e. The number of rotatable bonds is 6. The molecule has 5 nitrogen and oxygen atoms in total. The number of nitrogens with zero attached hydrogens (tertiary/aromatic N) is 2. The van der Waals surface area contributed by atoms with E-state index >= 15 is 0 Å². The Bertz CT molecular complexity index is 668. The Morgan fingerprint density at radius 2 is 2.00 bits per heavy atom. The Morgan fingerprint density at radius 1 is 1.32 bits per heavy atom. The number of hydrogen-bond acceptors (Lipinski definition) is 4. The van der Waals surface area contributed by atoms with Gasteiger partial charge in [-0.25, -0.2) is 0 Å². The molecule has 0 bridgehead atoms. The highest BCUT2D eigenvalue weighted by atomic mass is 16.5. The van der Waals surface area contributed by atoms with Crippen molar-refractivity contribution in [2.75, 3.05) is 19.5 Å². The van der Waals surface area contributed by atoms with Crippen molar-refractivity contribution in [1.29, 1.82) is 5.26 Å². The van der Waals surface area contributed by atoms with Crippen molar-refractivity contribution in [2.45, 2.75) is 26.5 Å². The van der Waals surface area contributed by atoms with Crippen LogP contribution in [0.4, 0.5) is 5.69 Å². The predicted molar refractivity (Wildman–Crippen MR) is 85.8 cm³/mol. The van der Waals surface area contributed by atoms with Gasteiger partial charge < -0.3 is 15.2 Å². The first-order valence-electron chi connectivity index (χ1n) is 7.15. The monoisotopic (exact) mass is 299 g/mol. The fourth-order valence-corrected chi connectivity index (χ4v) is 2.27. The van der Waals surface area contributed by atoms with Crippen LogP contribution in [0.5, 0.6) is 5.88 Å². The van der Waals surface area contributed by atoms with Crippen LogP contribution < -0.4 is 10.5 Å². The highest BCUT2D eigenvalue weighted by Gasteiger charge is 2.17. The second-order valence-electron chi connectivity index (χ2n) is 5.36. The maximum atomic E-state index is 9.31. The van der Waals surface area contributed by atoms with Crippen LogP contribution in [-0.4, -0.2) is 24.4 Å². The number of nitrogen functional groups attached to an aromatic ring is 1. The molecular formula is C17H21N3O2. The lowest BCUT2D eigenvalue weighted by Crippen LogP contribution is -2.20. The molecule has 2 aromatic rings. The fraction of sp³-hybridized carbons (Fsp3) is 0.353. The number of aromatic nitrogens is 1. The summed E-state index contributed by atoms with van der Waals surface area (Å²) < 4.78 is 12.7. The van der Waals surface area contributed by atoms with E-state index in [0.717, 1.165) is 5.56 Å². The Balaban J connectivity index is 2.31. The molecule has 0 radical (unpaired) electrons. The molecule has 2 rings (SSSR count). The summed E-state index contributed by atoms with van der Waals surface area (Å²) in [6, 6.07) is 12.0. The summed E-state index contributed by atoms with van der Waals surface area (Å²) in [6.07, 6.45) is -0.148. The van der Waals surface area contributed by atoms with Gasteiger partial charge in [0.05, 0.1) is 18.8 Å². The summed E-state index contributed by atoms with van der Waals surface area (Å²) in [5, 5.41) is 9.31. The molecule has 1 aromatic carbocycles. The molecular weight excluding hydrogens is 278 g/mol. The molecule has 116 valence electrons. The number of methoxy groups -OCH3 is 1. The molecule has 22 heavy (non-hydrogen) atoms. The topological polar surface area (TPSA) is 73.2 Å². The standard InChI is InChI=1S/C17H21N3O2/c1-12-4-6-14(7-5-12)10-20-15(9-18)8-16(19)17(20)22-13(2)11-21-3/h4-8,13H,10-11,19H2,1-3H3. The fourth-order valence-electron chi connectivity index (χ4n) is 2.27. The Morgan fingerprint density at radius 3 is 2.59 bits per heavy atom. The van der Waals surface area contributed by atoms with Gasteiger partial charge in [0.1, 0.15) is 17.9 Å². The Kier molecular flexibility index (Phi) is 5.08. The van der Waals surface area contributed by atoms with Crippen molar-refractivity contribution in [2.24, 2.45) is 0 Å². The van der Waals surface area contributed by atoms with Gasteiger partial charge in [0, 0.05) is 13.2 Å². The van der Waals surface area contributed by atoms with Crippen molar-refractivity contribution in [3.63, 3.8) is 0 Å². The van der Waals surface area contributed by atoms with E-state index in [4.69, 9.17) is 15.2 Å². The van der Waals surface area contributed by atoms with Crippen LogP contribution >= 0.6 is 0 Å². The average molecular weight is 299 g/mol. The summed E-state index contributed by atoms with van der Waals surface area (Å²) >= 11 is 0. The van der Waals surface area contributed by atoms with Gasteiger partial charge in [0.15, 0.2) is 0 Å². The maximum Gasteiger partial charge on any atom is 0.219 e. The van der Waals surface area contributed by atoms with Gasteiger partial charge in [-0.15, -0.1) is 0 Å². The summed E-state index contributed by atoms with van der Waals surface area (Å²) in [5.74, 6) is 0.515. The smallest absolute Gasteiger partial charge is 0.219 e. The normalized spacial score (nSPS) is 11.9. The first kappa shape index (κ1) is 15.9. The minimum absolute atomic E-state index is 0.148. The van der Waals surface area contributed by atoms with Crippen molar-refractivity contribution < 1.29 is 9.47 Å². The molecule has 0 saturated heterocycles. The van der Waals surface area contributed by atoms with Crippen molar-refractivity contribution in [3.8, 4) is 11.9 Å². The van der Waals surface area contributed by atoms with E-state index in [1.807, 2.05) is 38.1 Å². The van der Waals surface area contributed by atoms with Crippen LogP contribution in [0.15, 0.2) is 30.3 Å². The Labute approximate surface area is 130 Å². The number of hydrogen-bond donors (Lipinski definition) is 1. The number of nitriles is 1. The van der Waals surface area contributed by atoms with Crippen LogP contribution in [-0.2, 0) is 11.3 Å². The third-order valence-corrected chi connectivity index (χ3v) is 3.37. The highest BCUT2D eigenvalue weighted by Crippen LogP contribution is 2.28. The van der Waals surface area contributed by atoms with Gasteiger partial charge in [-0.1, -0.05) is 29.8 Å². The number of benzene rings is 1. The first-order valence-corrected chi connectivity index (χ1v) is 7.15. The van der Waals surface area contributed by atoms with Crippen LogP contribution in [0, 0.1) is 18.3 Å². The maximum absolute atomic E-state index is 9.31. The van der Waals surface area contributed by atoms with Gasteiger partial charge in [-0.05, 0) is 19.4 Å². The minimum Gasteiger partial charge on any atom is -0.472 e.